The summed E-state index contributed by atoms with van der Waals surface area (Å²) in [5.41, 5.74) is 0.523. The van der Waals surface area contributed by atoms with Gasteiger partial charge in [0.15, 0.2) is 0 Å². The highest BCUT2D eigenvalue weighted by atomic mass is 35.5. The average Bonchev–Trinajstić information content (AvgIpc) is 3.70. The lowest BCUT2D eigenvalue weighted by Crippen LogP contribution is -2.59. The number of carboxylic acids is 1. The van der Waals surface area contributed by atoms with Crippen molar-refractivity contribution in [3.8, 4) is 0 Å². The minimum absolute atomic E-state index is 0.109. The van der Waals surface area contributed by atoms with Crippen molar-refractivity contribution in [3.63, 3.8) is 0 Å². The molecule has 1 aliphatic carbocycles. The number of sulfonamides is 1. The molecule has 1 N–H and O–H groups in total. The Balaban J connectivity index is 1.89. The molecule has 0 bridgehead atoms. The maximum atomic E-state index is 14.4. The molecule has 2 aliphatic rings. The Labute approximate surface area is 241 Å². The molecule has 1 aliphatic heterocycles. The molecule has 4 rings (SSSR count). The SMILES string of the molecule is CC(C)C(CN(C)S(=O)(=O)C1CC1)N1C(=O)[C@@](C)(CC(=O)O)CC(c2cccc(Cl)c2)[C@H]1c1ccc(Cl)cc1. The second kappa shape index (κ2) is 11.4. The molecule has 39 heavy (non-hydrogen) atoms. The summed E-state index contributed by atoms with van der Waals surface area (Å²) in [5, 5.41) is 10.5. The Kier molecular flexibility index (Phi) is 8.72. The smallest absolute Gasteiger partial charge is 0.304 e. The molecule has 2 unspecified atom stereocenters. The number of likely N-dealkylation sites (N-methyl/N-ethyl adjacent to an activating group) is 1. The van der Waals surface area contributed by atoms with Gasteiger partial charge < -0.3 is 10.0 Å². The van der Waals surface area contributed by atoms with Crippen LogP contribution >= 0.6 is 23.2 Å². The molecule has 1 saturated heterocycles. The van der Waals surface area contributed by atoms with E-state index in [0.717, 1.165) is 11.1 Å². The van der Waals surface area contributed by atoms with Gasteiger partial charge in [-0.1, -0.05) is 68.2 Å². The van der Waals surface area contributed by atoms with Crippen LogP contribution in [0.2, 0.25) is 10.0 Å². The lowest BCUT2D eigenvalue weighted by Gasteiger charge is -2.53. The minimum atomic E-state index is -3.49. The van der Waals surface area contributed by atoms with Gasteiger partial charge in [-0.2, -0.15) is 0 Å². The van der Waals surface area contributed by atoms with Gasteiger partial charge in [0, 0.05) is 35.6 Å². The Morgan fingerprint density at radius 1 is 1.10 bits per heavy atom. The fourth-order valence-electron chi connectivity index (χ4n) is 5.85. The lowest BCUT2D eigenvalue weighted by atomic mass is 9.66. The molecule has 7 nitrogen and oxygen atoms in total. The van der Waals surface area contributed by atoms with Crippen LogP contribution in [-0.4, -0.2) is 59.5 Å². The number of piperidine rings is 1. The van der Waals surface area contributed by atoms with Crippen molar-refractivity contribution in [2.75, 3.05) is 13.6 Å². The molecule has 2 aromatic carbocycles. The maximum absolute atomic E-state index is 14.4. The van der Waals surface area contributed by atoms with Gasteiger partial charge in [0.2, 0.25) is 15.9 Å². The molecule has 10 heteroatoms. The molecule has 2 aromatic rings. The third-order valence-electron chi connectivity index (χ3n) is 8.08. The van der Waals surface area contributed by atoms with Crippen LogP contribution in [0.25, 0.3) is 0 Å². The summed E-state index contributed by atoms with van der Waals surface area (Å²) < 4.78 is 27.6. The van der Waals surface area contributed by atoms with E-state index in [1.807, 2.05) is 44.2 Å². The third-order valence-corrected chi connectivity index (χ3v) is 10.9. The number of halogens is 2. The van der Waals surface area contributed by atoms with E-state index in [1.165, 1.54) is 4.31 Å². The highest BCUT2D eigenvalue weighted by Gasteiger charge is 2.53. The maximum Gasteiger partial charge on any atom is 0.304 e. The number of amides is 1. The van der Waals surface area contributed by atoms with Crippen LogP contribution < -0.4 is 0 Å². The van der Waals surface area contributed by atoms with E-state index in [4.69, 9.17) is 23.2 Å². The number of nitrogens with zero attached hydrogens (tertiary/aromatic N) is 2. The van der Waals surface area contributed by atoms with Crippen LogP contribution in [0.3, 0.4) is 0 Å². The largest absolute Gasteiger partial charge is 0.481 e. The van der Waals surface area contributed by atoms with Gasteiger partial charge in [0.05, 0.1) is 23.1 Å². The Morgan fingerprint density at radius 3 is 2.28 bits per heavy atom. The lowest BCUT2D eigenvalue weighted by molar-refractivity contribution is -0.161. The molecule has 0 radical (unpaired) electrons. The number of carboxylic acid groups (broad SMARTS) is 1. The zero-order chi connectivity index (χ0) is 28.7. The van der Waals surface area contributed by atoms with E-state index in [-0.39, 0.29) is 36.0 Å². The molecule has 4 atom stereocenters. The summed E-state index contributed by atoms with van der Waals surface area (Å²) in [5.74, 6) is -1.76. The summed E-state index contributed by atoms with van der Waals surface area (Å²) in [6.07, 6.45) is 1.24. The number of aliphatic carboxylic acids is 1. The molecular weight excluding hydrogens is 559 g/mol. The standard InChI is InChI=1S/C29H36Cl2N2O5S/c1-18(2)25(17-32(4)39(37,38)23-12-13-23)33-27(19-8-10-21(30)11-9-19)24(20-6-5-7-22(31)14-20)15-29(3,28(33)36)16-26(34)35/h5-11,14,18,23-25,27H,12-13,15-17H2,1-4H3,(H,34,35)/t24?,25?,27-,29-/m1/s1. The highest BCUT2D eigenvalue weighted by Crippen LogP contribution is 2.52. The zero-order valence-corrected chi connectivity index (χ0v) is 25.0. The van der Waals surface area contributed by atoms with E-state index in [1.54, 1.807) is 37.1 Å². The fraction of sp³-hybridized carbons (Fsp3) is 0.517. The first-order chi connectivity index (χ1) is 18.2. The van der Waals surface area contributed by atoms with Gasteiger partial charge in [0.25, 0.3) is 0 Å². The first kappa shape index (κ1) is 29.8. The molecule has 0 aromatic heterocycles. The molecule has 212 valence electrons. The monoisotopic (exact) mass is 594 g/mol. The summed E-state index contributed by atoms with van der Waals surface area (Å²) in [7, 11) is -1.92. The number of carbonyl (C=O) groups excluding carboxylic acids is 1. The van der Waals surface area contributed by atoms with Crippen molar-refractivity contribution in [1.82, 2.24) is 9.21 Å². The van der Waals surface area contributed by atoms with Crippen molar-refractivity contribution < 1.29 is 23.1 Å². The highest BCUT2D eigenvalue weighted by molar-refractivity contribution is 7.90. The summed E-state index contributed by atoms with van der Waals surface area (Å²) in [4.78, 5) is 28.2. The number of hydrogen-bond donors (Lipinski definition) is 1. The number of rotatable bonds is 10. The fourth-order valence-corrected chi connectivity index (χ4v) is 7.78. The first-order valence-electron chi connectivity index (χ1n) is 13.2. The second-order valence-corrected chi connectivity index (χ2v) is 14.7. The van der Waals surface area contributed by atoms with E-state index in [0.29, 0.717) is 29.3 Å². The van der Waals surface area contributed by atoms with Crippen LogP contribution in [0.15, 0.2) is 48.5 Å². The van der Waals surface area contributed by atoms with Crippen LogP contribution in [0.5, 0.6) is 0 Å². The minimum Gasteiger partial charge on any atom is -0.481 e. The van der Waals surface area contributed by atoms with Crippen molar-refractivity contribution in [3.05, 3.63) is 69.7 Å². The van der Waals surface area contributed by atoms with Gasteiger partial charge in [-0.15, -0.1) is 0 Å². The Hall–Kier alpha value is -2.13. The predicted molar refractivity (Wildman–Crippen MR) is 153 cm³/mol. The van der Waals surface area contributed by atoms with Crippen molar-refractivity contribution >= 4 is 45.1 Å². The van der Waals surface area contributed by atoms with E-state index in [9.17, 15) is 23.1 Å². The number of hydrogen-bond acceptors (Lipinski definition) is 4. The van der Waals surface area contributed by atoms with Gasteiger partial charge >= 0.3 is 5.97 Å². The van der Waals surface area contributed by atoms with Crippen molar-refractivity contribution in [2.45, 2.75) is 69.7 Å². The van der Waals surface area contributed by atoms with Gasteiger partial charge in [-0.25, -0.2) is 12.7 Å². The molecule has 2 fully saturated rings. The van der Waals surface area contributed by atoms with Crippen LogP contribution in [0.4, 0.5) is 0 Å². The van der Waals surface area contributed by atoms with Crippen LogP contribution in [-0.2, 0) is 19.6 Å². The number of likely N-dealkylation sites (tertiary alicyclic amines) is 1. The average molecular weight is 596 g/mol. The first-order valence-corrected chi connectivity index (χ1v) is 15.5. The molecule has 1 saturated carbocycles. The summed E-state index contributed by atoms with van der Waals surface area (Å²) >= 11 is 12.6. The Bertz CT molecular complexity index is 1330. The third kappa shape index (κ3) is 6.29. The van der Waals surface area contributed by atoms with Crippen LogP contribution in [0, 0.1) is 11.3 Å². The van der Waals surface area contributed by atoms with Crippen LogP contribution in [0.1, 0.15) is 69.5 Å². The molecule has 1 amide bonds. The van der Waals surface area contributed by atoms with Gasteiger partial charge in [-0.3, -0.25) is 9.59 Å². The topological polar surface area (TPSA) is 95.0 Å². The Morgan fingerprint density at radius 2 is 1.74 bits per heavy atom. The zero-order valence-electron chi connectivity index (χ0n) is 22.7. The number of carbonyl (C=O) groups is 2. The second-order valence-electron chi connectivity index (χ2n) is 11.5. The normalized spacial score (nSPS) is 24.8. The molecular formula is C29H36Cl2N2O5S. The summed E-state index contributed by atoms with van der Waals surface area (Å²) in [6.45, 7) is 5.74. The van der Waals surface area contributed by atoms with Crippen molar-refractivity contribution in [2.24, 2.45) is 11.3 Å². The molecule has 1 heterocycles. The quantitative estimate of drug-likeness (QED) is 0.365. The van der Waals surface area contributed by atoms with Gasteiger partial charge in [0.1, 0.15) is 0 Å². The van der Waals surface area contributed by atoms with Gasteiger partial charge in [-0.05, 0) is 60.6 Å². The van der Waals surface area contributed by atoms with E-state index < -0.39 is 33.5 Å². The predicted octanol–water partition coefficient (Wildman–Crippen LogP) is 5.98. The number of benzene rings is 2. The molecule has 0 spiro atoms. The van der Waals surface area contributed by atoms with Crippen molar-refractivity contribution in [1.29, 1.82) is 0 Å². The summed E-state index contributed by atoms with van der Waals surface area (Å²) in [6, 6.07) is 13.7. The van der Waals surface area contributed by atoms with E-state index >= 15 is 0 Å². The van der Waals surface area contributed by atoms with E-state index in [2.05, 4.69) is 0 Å².